The van der Waals surface area contributed by atoms with Crippen LogP contribution in [0.2, 0.25) is 5.02 Å². The fourth-order valence-corrected chi connectivity index (χ4v) is 2.29. The predicted molar refractivity (Wildman–Crippen MR) is 77.2 cm³/mol. The third-order valence-electron chi connectivity index (χ3n) is 3.15. The SMILES string of the molecule is Cc1nn(Cc2ccnc3ccccc23)c(N)c1Cl. The number of benzene rings is 1. The first-order valence-electron chi connectivity index (χ1n) is 5.98. The molecule has 0 aliphatic rings. The molecular formula is C14H13ClN4. The van der Waals surface area contributed by atoms with E-state index >= 15 is 0 Å². The van der Waals surface area contributed by atoms with E-state index in [1.54, 1.807) is 10.9 Å². The van der Waals surface area contributed by atoms with Gasteiger partial charge in [-0.1, -0.05) is 29.8 Å². The molecule has 2 aromatic heterocycles. The van der Waals surface area contributed by atoms with Gasteiger partial charge in [-0.15, -0.1) is 0 Å². The lowest BCUT2D eigenvalue weighted by atomic mass is 10.1. The van der Waals surface area contributed by atoms with E-state index in [1.807, 2.05) is 37.3 Å². The van der Waals surface area contributed by atoms with E-state index in [0.717, 1.165) is 22.2 Å². The number of pyridine rings is 1. The second-order valence-corrected chi connectivity index (χ2v) is 4.81. The van der Waals surface area contributed by atoms with Crippen LogP contribution in [0.5, 0.6) is 0 Å². The van der Waals surface area contributed by atoms with Gasteiger partial charge in [0.25, 0.3) is 0 Å². The van der Waals surface area contributed by atoms with Crippen LogP contribution in [0, 0.1) is 6.92 Å². The van der Waals surface area contributed by atoms with E-state index in [1.165, 1.54) is 0 Å². The number of nitrogens with zero attached hydrogens (tertiary/aromatic N) is 3. The highest BCUT2D eigenvalue weighted by Crippen LogP contribution is 2.24. The average molecular weight is 273 g/mol. The van der Waals surface area contributed by atoms with Gasteiger partial charge in [-0.05, 0) is 24.6 Å². The summed E-state index contributed by atoms with van der Waals surface area (Å²) < 4.78 is 1.72. The van der Waals surface area contributed by atoms with Crippen LogP contribution in [0.15, 0.2) is 36.5 Å². The van der Waals surface area contributed by atoms with Crippen LogP contribution in [0.3, 0.4) is 0 Å². The maximum atomic E-state index is 6.06. The number of hydrogen-bond donors (Lipinski definition) is 1. The molecule has 0 aliphatic carbocycles. The van der Waals surface area contributed by atoms with Crippen LogP contribution in [0.1, 0.15) is 11.3 Å². The molecule has 2 N–H and O–H groups in total. The Morgan fingerprint density at radius 3 is 2.79 bits per heavy atom. The van der Waals surface area contributed by atoms with Crippen molar-refractivity contribution in [3.63, 3.8) is 0 Å². The zero-order valence-electron chi connectivity index (χ0n) is 10.5. The maximum absolute atomic E-state index is 6.06. The highest BCUT2D eigenvalue weighted by molar-refractivity contribution is 6.33. The van der Waals surface area contributed by atoms with Gasteiger partial charge >= 0.3 is 0 Å². The summed E-state index contributed by atoms with van der Waals surface area (Å²) in [4.78, 5) is 4.34. The molecule has 1 aromatic carbocycles. The number of aromatic nitrogens is 3. The molecule has 4 nitrogen and oxygen atoms in total. The normalized spacial score (nSPS) is 11.1. The topological polar surface area (TPSA) is 56.7 Å². The van der Waals surface area contributed by atoms with Crippen molar-refractivity contribution >= 4 is 28.3 Å². The average Bonchev–Trinajstić information content (AvgIpc) is 2.67. The van der Waals surface area contributed by atoms with Gasteiger partial charge in [0.15, 0.2) is 0 Å². The quantitative estimate of drug-likeness (QED) is 0.780. The van der Waals surface area contributed by atoms with Crippen molar-refractivity contribution in [2.75, 3.05) is 5.73 Å². The number of hydrogen-bond acceptors (Lipinski definition) is 3. The number of nitrogen functional groups attached to an aromatic ring is 1. The van der Waals surface area contributed by atoms with Gasteiger partial charge in [0, 0.05) is 11.6 Å². The smallest absolute Gasteiger partial charge is 0.141 e. The summed E-state index contributed by atoms with van der Waals surface area (Å²) in [7, 11) is 0. The molecule has 5 heteroatoms. The Labute approximate surface area is 115 Å². The van der Waals surface area contributed by atoms with Crippen molar-refractivity contribution in [2.45, 2.75) is 13.5 Å². The van der Waals surface area contributed by atoms with Crippen molar-refractivity contribution in [1.82, 2.24) is 14.8 Å². The second-order valence-electron chi connectivity index (χ2n) is 4.43. The van der Waals surface area contributed by atoms with Gasteiger partial charge in [0.2, 0.25) is 0 Å². The predicted octanol–water partition coefficient (Wildman–Crippen LogP) is 3.02. The Hall–Kier alpha value is -2.07. The molecule has 3 rings (SSSR count). The van der Waals surface area contributed by atoms with Gasteiger partial charge in [0.05, 0.1) is 17.8 Å². The Bertz CT molecular complexity index is 743. The van der Waals surface area contributed by atoms with E-state index in [9.17, 15) is 0 Å². The Morgan fingerprint density at radius 1 is 1.26 bits per heavy atom. The number of rotatable bonds is 2. The van der Waals surface area contributed by atoms with Crippen molar-refractivity contribution in [3.05, 3.63) is 52.8 Å². The van der Waals surface area contributed by atoms with E-state index in [4.69, 9.17) is 17.3 Å². The third kappa shape index (κ3) is 2.04. The van der Waals surface area contributed by atoms with Gasteiger partial charge < -0.3 is 5.73 Å². The standard InChI is InChI=1S/C14H13ClN4/c1-9-13(15)14(16)19(18-9)8-10-6-7-17-12-5-3-2-4-11(10)12/h2-7H,8,16H2,1H3. The van der Waals surface area contributed by atoms with Crippen LogP contribution in [-0.2, 0) is 6.54 Å². The Balaban J connectivity index is 2.08. The highest BCUT2D eigenvalue weighted by Gasteiger charge is 2.11. The molecule has 19 heavy (non-hydrogen) atoms. The summed E-state index contributed by atoms with van der Waals surface area (Å²) in [6.07, 6.45) is 1.80. The number of para-hydroxylation sites is 1. The second kappa shape index (κ2) is 4.55. The lowest BCUT2D eigenvalue weighted by molar-refractivity contribution is 0.692. The van der Waals surface area contributed by atoms with Crippen LogP contribution in [-0.4, -0.2) is 14.8 Å². The van der Waals surface area contributed by atoms with Crippen molar-refractivity contribution in [2.24, 2.45) is 0 Å². The zero-order valence-corrected chi connectivity index (χ0v) is 11.2. The van der Waals surface area contributed by atoms with E-state index in [2.05, 4.69) is 10.1 Å². The van der Waals surface area contributed by atoms with Gasteiger partial charge in [-0.25, -0.2) is 4.68 Å². The fourth-order valence-electron chi connectivity index (χ4n) is 2.15. The first-order chi connectivity index (χ1) is 9.16. The Morgan fingerprint density at radius 2 is 2.05 bits per heavy atom. The number of nitrogens with two attached hydrogens (primary N) is 1. The molecule has 0 aliphatic heterocycles. The highest BCUT2D eigenvalue weighted by atomic mass is 35.5. The number of fused-ring (bicyclic) bond motifs is 1. The number of anilines is 1. The van der Waals surface area contributed by atoms with Crippen molar-refractivity contribution in [3.8, 4) is 0 Å². The molecule has 0 fully saturated rings. The Kier molecular flexibility index (Phi) is 2.87. The first-order valence-corrected chi connectivity index (χ1v) is 6.35. The summed E-state index contributed by atoms with van der Waals surface area (Å²) in [6.45, 7) is 2.43. The van der Waals surface area contributed by atoms with Gasteiger partial charge in [0.1, 0.15) is 10.8 Å². The van der Waals surface area contributed by atoms with Gasteiger partial charge in [-0.2, -0.15) is 5.10 Å². The molecule has 0 saturated carbocycles. The maximum Gasteiger partial charge on any atom is 0.141 e. The minimum Gasteiger partial charge on any atom is -0.383 e. The fraction of sp³-hybridized carbons (Fsp3) is 0.143. The van der Waals surface area contributed by atoms with Crippen LogP contribution < -0.4 is 5.73 Å². The van der Waals surface area contributed by atoms with Crippen LogP contribution >= 0.6 is 11.6 Å². The molecule has 96 valence electrons. The van der Waals surface area contributed by atoms with Crippen LogP contribution in [0.25, 0.3) is 10.9 Å². The largest absolute Gasteiger partial charge is 0.383 e. The molecule has 0 bridgehead atoms. The van der Waals surface area contributed by atoms with Crippen LogP contribution in [0.4, 0.5) is 5.82 Å². The van der Waals surface area contributed by atoms with E-state index in [-0.39, 0.29) is 0 Å². The first kappa shape index (κ1) is 12.0. The molecule has 0 unspecified atom stereocenters. The van der Waals surface area contributed by atoms with Gasteiger partial charge in [-0.3, -0.25) is 4.98 Å². The lowest BCUT2D eigenvalue weighted by Gasteiger charge is -2.07. The van der Waals surface area contributed by atoms with E-state index in [0.29, 0.717) is 17.4 Å². The summed E-state index contributed by atoms with van der Waals surface area (Å²) in [5.41, 5.74) is 8.78. The summed E-state index contributed by atoms with van der Waals surface area (Å²) in [5.74, 6) is 0.500. The molecular weight excluding hydrogens is 260 g/mol. The zero-order chi connectivity index (χ0) is 13.4. The minimum absolute atomic E-state index is 0.500. The number of aryl methyl sites for hydroxylation is 1. The molecule has 0 spiro atoms. The van der Waals surface area contributed by atoms with Crippen molar-refractivity contribution < 1.29 is 0 Å². The summed E-state index contributed by atoms with van der Waals surface area (Å²) in [6, 6.07) is 9.99. The molecule has 0 saturated heterocycles. The van der Waals surface area contributed by atoms with Crippen molar-refractivity contribution in [1.29, 1.82) is 0 Å². The minimum atomic E-state index is 0.500. The molecule has 3 aromatic rings. The summed E-state index contributed by atoms with van der Waals surface area (Å²) in [5, 5.41) is 5.98. The molecule has 0 amide bonds. The molecule has 0 atom stereocenters. The lowest BCUT2D eigenvalue weighted by Crippen LogP contribution is -2.06. The monoisotopic (exact) mass is 272 g/mol. The molecule has 2 heterocycles. The third-order valence-corrected chi connectivity index (χ3v) is 3.62. The number of halogens is 1. The van der Waals surface area contributed by atoms with E-state index < -0.39 is 0 Å². The summed E-state index contributed by atoms with van der Waals surface area (Å²) >= 11 is 6.06. The molecule has 0 radical (unpaired) electrons.